The van der Waals surface area contributed by atoms with Gasteiger partial charge in [-0.3, -0.25) is 4.98 Å². The van der Waals surface area contributed by atoms with Crippen molar-refractivity contribution in [2.75, 3.05) is 5.32 Å². The van der Waals surface area contributed by atoms with E-state index in [9.17, 15) is 4.79 Å². The summed E-state index contributed by atoms with van der Waals surface area (Å²) < 4.78 is 0.933. The summed E-state index contributed by atoms with van der Waals surface area (Å²) in [5.41, 5.74) is 0.684. The van der Waals surface area contributed by atoms with Crippen LogP contribution in [0.25, 0.3) is 10.2 Å². The Bertz CT molecular complexity index is 805. The van der Waals surface area contributed by atoms with E-state index in [4.69, 9.17) is 16.7 Å². The van der Waals surface area contributed by atoms with Crippen LogP contribution < -0.4 is 5.32 Å². The molecule has 1 aromatic carbocycles. The van der Waals surface area contributed by atoms with Gasteiger partial charge in [-0.15, -0.1) is 0 Å². The number of thiazole rings is 1. The molecule has 0 atom stereocenters. The Labute approximate surface area is 122 Å². The Hall–Kier alpha value is -2.25. The number of hydrogen-bond donors (Lipinski definition) is 2. The number of anilines is 2. The molecule has 0 saturated carbocycles. The summed E-state index contributed by atoms with van der Waals surface area (Å²) in [7, 11) is 0. The fraction of sp³-hybridized carbons (Fsp3) is 0. The van der Waals surface area contributed by atoms with Gasteiger partial charge in [0.2, 0.25) is 0 Å². The highest BCUT2D eigenvalue weighted by Crippen LogP contribution is 2.29. The quantitative estimate of drug-likeness (QED) is 0.772. The van der Waals surface area contributed by atoms with E-state index in [0.29, 0.717) is 16.0 Å². The van der Waals surface area contributed by atoms with Crippen LogP contribution in [0.3, 0.4) is 0 Å². The van der Waals surface area contributed by atoms with Crippen molar-refractivity contribution in [3.63, 3.8) is 0 Å². The lowest BCUT2D eigenvalue weighted by molar-refractivity contribution is 0.0690. The van der Waals surface area contributed by atoms with Crippen molar-refractivity contribution in [2.45, 2.75) is 0 Å². The Kier molecular flexibility index (Phi) is 3.21. The number of nitrogens with zero attached hydrogens (tertiary/aromatic N) is 3. The summed E-state index contributed by atoms with van der Waals surface area (Å²) in [5, 5.41) is 13.0. The highest BCUT2D eigenvalue weighted by molar-refractivity contribution is 7.22. The molecular formula is C12H7ClN4O2S. The molecule has 20 heavy (non-hydrogen) atoms. The number of fused-ring (bicyclic) bond motifs is 1. The Balaban J connectivity index is 1.92. The van der Waals surface area contributed by atoms with E-state index in [2.05, 4.69) is 20.3 Å². The first-order valence-corrected chi connectivity index (χ1v) is 6.70. The van der Waals surface area contributed by atoms with E-state index in [1.165, 1.54) is 23.7 Å². The van der Waals surface area contributed by atoms with Crippen molar-refractivity contribution >= 4 is 50.1 Å². The monoisotopic (exact) mass is 306 g/mol. The minimum absolute atomic E-state index is 0.126. The second-order valence-corrected chi connectivity index (χ2v) is 5.32. The summed E-state index contributed by atoms with van der Waals surface area (Å²) in [6, 6.07) is 5.40. The summed E-state index contributed by atoms with van der Waals surface area (Å²) in [6.07, 6.45) is 2.62. The highest BCUT2D eigenvalue weighted by Gasteiger charge is 2.09. The van der Waals surface area contributed by atoms with Gasteiger partial charge in [-0.1, -0.05) is 22.9 Å². The van der Waals surface area contributed by atoms with Crippen LogP contribution >= 0.6 is 22.9 Å². The van der Waals surface area contributed by atoms with Gasteiger partial charge in [-0.05, 0) is 18.2 Å². The van der Waals surface area contributed by atoms with E-state index in [-0.39, 0.29) is 5.69 Å². The molecule has 0 saturated heterocycles. The maximum Gasteiger partial charge on any atom is 0.356 e. The molecule has 6 nitrogen and oxygen atoms in total. The molecule has 0 radical (unpaired) electrons. The van der Waals surface area contributed by atoms with Crippen LogP contribution in [0.4, 0.5) is 10.9 Å². The molecule has 100 valence electrons. The average Bonchev–Trinajstić information content (AvgIpc) is 2.80. The van der Waals surface area contributed by atoms with Crippen molar-refractivity contribution in [3.05, 3.63) is 41.3 Å². The maximum atomic E-state index is 10.8. The molecular weight excluding hydrogens is 300 g/mol. The molecule has 0 aliphatic rings. The molecule has 0 spiro atoms. The zero-order valence-electron chi connectivity index (χ0n) is 9.87. The number of rotatable bonds is 3. The number of carboxylic acids is 1. The van der Waals surface area contributed by atoms with Crippen molar-refractivity contribution in [2.24, 2.45) is 0 Å². The first kappa shape index (κ1) is 12.8. The predicted octanol–water partition coefficient (Wildman–Crippen LogP) is 3.18. The molecule has 0 aliphatic carbocycles. The number of carbonyl (C=O) groups is 1. The van der Waals surface area contributed by atoms with Crippen LogP contribution in [0, 0.1) is 0 Å². The number of carboxylic acid groups (broad SMARTS) is 1. The van der Waals surface area contributed by atoms with Crippen LogP contribution in [-0.2, 0) is 0 Å². The van der Waals surface area contributed by atoms with Gasteiger partial charge < -0.3 is 10.4 Å². The molecule has 2 heterocycles. The second-order valence-electron chi connectivity index (χ2n) is 3.85. The van der Waals surface area contributed by atoms with Gasteiger partial charge >= 0.3 is 5.97 Å². The molecule has 0 aliphatic heterocycles. The van der Waals surface area contributed by atoms with Crippen LogP contribution in [-0.4, -0.2) is 26.0 Å². The number of hydrogen-bond acceptors (Lipinski definition) is 6. The third-order valence-corrected chi connectivity index (χ3v) is 3.61. The zero-order valence-corrected chi connectivity index (χ0v) is 11.4. The second kappa shape index (κ2) is 5.03. The maximum absolute atomic E-state index is 10.8. The van der Waals surface area contributed by atoms with Crippen molar-refractivity contribution in [3.8, 4) is 0 Å². The van der Waals surface area contributed by atoms with Gasteiger partial charge in [0.25, 0.3) is 0 Å². The molecule has 0 bridgehead atoms. The smallest absolute Gasteiger partial charge is 0.356 e. The fourth-order valence-electron chi connectivity index (χ4n) is 1.59. The normalized spacial score (nSPS) is 10.7. The van der Waals surface area contributed by atoms with Crippen LogP contribution in [0.5, 0.6) is 0 Å². The molecule has 0 fully saturated rings. The van der Waals surface area contributed by atoms with Gasteiger partial charge in [0.05, 0.1) is 22.6 Å². The predicted molar refractivity (Wildman–Crippen MR) is 76.9 cm³/mol. The Morgan fingerprint density at radius 3 is 2.95 bits per heavy atom. The van der Waals surface area contributed by atoms with E-state index >= 15 is 0 Å². The van der Waals surface area contributed by atoms with Crippen molar-refractivity contribution in [1.29, 1.82) is 0 Å². The number of benzene rings is 1. The molecule has 3 aromatic rings. The van der Waals surface area contributed by atoms with Gasteiger partial charge in [0.1, 0.15) is 0 Å². The lowest BCUT2D eigenvalue weighted by Gasteiger charge is -2.01. The number of halogens is 1. The first-order valence-electron chi connectivity index (χ1n) is 5.50. The standard InChI is InChI=1S/C12H7ClN4O2S/c13-6-1-2-7-9(3-6)20-12(16-7)17-10-5-14-4-8(15-10)11(18)19/h1-5H,(H,18,19)(H,15,16,17). The average molecular weight is 307 g/mol. The largest absolute Gasteiger partial charge is 0.476 e. The molecule has 8 heteroatoms. The van der Waals surface area contributed by atoms with Gasteiger partial charge in [0, 0.05) is 5.02 Å². The third-order valence-electron chi connectivity index (χ3n) is 2.44. The first-order chi connectivity index (χ1) is 9.61. The van der Waals surface area contributed by atoms with Crippen LogP contribution in [0.1, 0.15) is 10.5 Å². The minimum atomic E-state index is -1.13. The van der Waals surface area contributed by atoms with E-state index in [0.717, 1.165) is 10.2 Å². The molecule has 3 rings (SSSR count). The zero-order chi connectivity index (χ0) is 14.1. The van der Waals surface area contributed by atoms with Crippen molar-refractivity contribution < 1.29 is 9.90 Å². The highest BCUT2D eigenvalue weighted by atomic mass is 35.5. The topological polar surface area (TPSA) is 88.0 Å². The third kappa shape index (κ3) is 2.54. The molecule has 0 amide bonds. The van der Waals surface area contributed by atoms with Gasteiger partial charge in [-0.2, -0.15) is 0 Å². The van der Waals surface area contributed by atoms with Gasteiger partial charge in [-0.25, -0.2) is 14.8 Å². The van der Waals surface area contributed by atoms with Crippen LogP contribution in [0.15, 0.2) is 30.6 Å². The molecule has 0 unspecified atom stereocenters. The van der Waals surface area contributed by atoms with Gasteiger partial charge in [0.15, 0.2) is 16.6 Å². The SMILES string of the molecule is O=C(O)c1cncc(Nc2nc3ccc(Cl)cc3s2)n1. The number of nitrogens with one attached hydrogen (secondary N) is 1. The van der Waals surface area contributed by atoms with E-state index in [1.54, 1.807) is 6.07 Å². The number of aromatic carboxylic acids is 1. The number of aromatic nitrogens is 3. The lowest BCUT2D eigenvalue weighted by Crippen LogP contribution is -2.03. The Morgan fingerprint density at radius 1 is 1.30 bits per heavy atom. The fourth-order valence-corrected chi connectivity index (χ4v) is 2.74. The molecule has 2 aromatic heterocycles. The summed E-state index contributed by atoms with van der Waals surface area (Å²) in [6.45, 7) is 0. The van der Waals surface area contributed by atoms with Crippen LogP contribution in [0.2, 0.25) is 5.02 Å². The lowest BCUT2D eigenvalue weighted by atomic mass is 10.3. The Morgan fingerprint density at radius 2 is 2.15 bits per heavy atom. The summed E-state index contributed by atoms with van der Waals surface area (Å²) >= 11 is 7.31. The minimum Gasteiger partial charge on any atom is -0.476 e. The molecule has 2 N–H and O–H groups in total. The summed E-state index contributed by atoms with van der Waals surface area (Å²) in [5.74, 6) is -0.799. The summed E-state index contributed by atoms with van der Waals surface area (Å²) in [4.78, 5) is 22.9. The van der Waals surface area contributed by atoms with E-state index in [1.807, 2.05) is 12.1 Å². The van der Waals surface area contributed by atoms with Crippen molar-refractivity contribution in [1.82, 2.24) is 15.0 Å². The van der Waals surface area contributed by atoms with E-state index < -0.39 is 5.97 Å².